The van der Waals surface area contributed by atoms with Gasteiger partial charge in [0.15, 0.2) is 6.10 Å². The normalized spacial score (nSPS) is 19.5. The fourth-order valence-electron chi connectivity index (χ4n) is 2.06. The Morgan fingerprint density at radius 2 is 2.32 bits per heavy atom. The highest BCUT2D eigenvalue weighted by atomic mass is 79.9. The smallest absolute Gasteiger partial charge is 0.334 e. The van der Waals surface area contributed by atoms with E-state index < -0.39 is 12.1 Å². The lowest BCUT2D eigenvalue weighted by Gasteiger charge is -2.31. The molecular formula is C12H15BrN2O4. The average Bonchev–Trinajstić information content (AvgIpc) is 2.79. The number of amides is 1. The summed E-state index contributed by atoms with van der Waals surface area (Å²) in [4.78, 5) is 24.8. The molecule has 2 heterocycles. The molecule has 6 nitrogen and oxygen atoms in total. The summed E-state index contributed by atoms with van der Waals surface area (Å²) in [5, 5.41) is 8.94. The molecule has 1 aromatic heterocycles. The first kappa shape index (κ1) is 14.1. The van der Waals surface area contributed by atoms with E-state index in [1.807, 2.05) is 17.7 Å². The number of rotatable bonds is 3. The first-order valence-electron chi connectivity index (χ1n) is 6.02. The van der Waals surface area contributed by atoms with Crippen molar-refractivity contribution in [3.8, 4) is 0 Å². The summed E-state index contributed by atoms with van der Waals surface area (Å²) < 4.78 is 7.77. The highest BCUT2D eigenvalue weighted by molar-refractivity contribution is 9.10. The molecule has 104 valence electrons. The number of carbonyl (C=O) groups excluding carboxylic acids is 1. The van der Waals surface area contributed by atoms with Crippen molar-refractivity contribution in [1.82, 2.24) is 9.47 Å². The van der Waals surface area contributed by atoms with Crippen molar-refractivity contribution in [2.45, 2.75) is 19.6 Å². The lowest BCUT2D eigenvalue weighted by molar-refractivity contribution is -0.154. The summed E-state index contributed by atoms with van der Waals surface area (Å²) in [6, 6.07) is 1.75. The molecule has 0 aliphatic carbocycles. The number of carboxylic acid groups (broad SMARTS) is 1. The Balaban J connectivity index is 2.16. The minimum atomic E-state index is -1.04. The van der Waals surface area contributed by atoms with Crippen LogP contribution in [0, 0.1) is 0 Å². The van der Waals surface area contributed by atoms with E-state index >= 15 is 0 Å². The van der Waals surface area contributed by atoms with E-state index in [-0.39, 0.29) is 19.1 Å². The number of aryl methyl sites for hydroxylation is 1. The van der Waals surface area contributed by atoms with Crippen molar-refractivity contribution in [3.63, 3.8) is 0 Å². The highest BCUT2D eigenvalue weighted by Crippen LogP contribution is 2.18. The zero-order chi connectivity index (χ0) is 14.0. The predicted molar refractivity (Wildman–Crippen MR) is 71.1 cm³/mol. The van der Waals surface area contributed by atoms with Gasteiger partial charge in [0.2, 0.25) is 0 Å². The summed E-state index contributed by atoms with van der Waals surface area (Å²) in [7, 11) is 0. The Labute approximate surface area is 119 Å². The second kappa shape index (κ2) is 5.75. The van der Waals surface area contributed by atoms with Gasteiger partial charge in [0.05, 0.1) is 13.2 Å². The highest BCUT2D eigenvalue weighted by Gasteiger charge is 2.30. The van der Waals surface area contributed by atoms with Crippen LogP contribution in [0.25, 0.3) is 0 Å². The van der Waals surface area contributed by atoms with Gasteiger partial charge >= 0.3 is 5.97 Å². The molecule has 7 heteroatoms. The van der Waals surface area contributed by atoms with Crippen LogP contribution in [0.15, 0.2) is 16.7 Å². The molecule has 2 rings (SSSR count). The van der Waals surface area contributed by atoms with E-state index in [0.717, 1.165) is 4.47 Å². The minimum absolute atomic E-state index is 0.0840. The molecule has 1 amide bonds. The van der Waals surface area contributed by atoms with Crippen LogP contribution < -0.4 is 0 Å². The van der Waals surface area contributed by atoms with E-state index in [1.54, 1.807) is 6.07 Å². The van der Waals surface area contributed by atoms with Gasteiger partial charge in [0.1, 0.15) is 5.69 Å². The van der Waals surface area contributed by atoms with Gasteiger partial charge in [-0.3, -0.25) is 4.79 Å². The number of aliphatic carboxylic acids is 1. The third kappa shape index (κ3) is 2.98. The van der Waals surface area contributed by atoms with Gasteiger partial charge < -0.3 is 19.3 Å². The molecular weight excluding hydrogens is 316 g/mol. The average molecular weight is 331 g/mol. The Morgan fingerprint density at radius 1 is 1.58 bits per heavy atom. The van der Waals surface area contributed by atoms with E-state index in [2.05, 4.69) is 15.9 Å². The summed E-state index contributed by atoms with van der Waals surface area (Å²) in [6.45, 7) is 3.37. The van der Waals surface area contributed by atoms with Crippen molar-refractivity contribution in [2.24, 2.45) is 0 Å². The van der Waals surface area contributed by atoms with E-state index in [9.17, 15) is 9.59 Å². The van der Waals surface area contributed by atoms with Gasteiger partial charge in [-0.15, -0.1) is 0 Å². The molecule has 1 saturated heterocycles. The van der Waals surface area contributed by atoms with Crippen molar-refractivity contribution in [2.75, 3.05) is 19.7 Å². The Morgan fingerprint density at radius 3 is 2.95 bits per heavy atom. The first-order valence-corrected chi connectivity index (χ1v) is 6.81. The van der Waals surface area contributed by atoms with Crippen molar-refractivity contribution >= 4 is 27.8 Å². The van der Waals surface area contributed by atoms with Gasteiger partial charge in [-0.1, -0.05) is 0 Å². The second-order valence-electron chi connectivity index (χ2n) is 4.28. The van der Waals surface area contributed by atoms with Crippen LogP contribution in [0.2, 0.25) is 0 Å². The van der Waals surface area contributed by atoms with Crippen LogP contribution in [0.4, 0.5) is 0 Å². The number of aromatic nitrogens is 1. The topological polar surface area (TPSA) is 71.8 Å². The number of ether oxygens (including phenoxy) is 1. The molecule has 0 radical (unpaired) electrons. The molecule has 0 bridgehead atoms. The molecule has 1 aliphatic rings. The van der Waals surface area contributed by atoms with Crippen LogP contribution >= 0.6 is 15.9 Å². The van der Waals surface area contributed by atoms with Crippen LogP contribution in [0.3, 0.4) is 0 Å². The molecule has 1 fully saturated rings. The van der Waals surface area contributed by atoms with Gasteiger partial charge in [-0.05, 0) is 28.9 Å². The lowest BCUT2D eigenvalue weighted by Crippen LogP contribution is -2.48. The fourth-order valence-corrected chi connectivity index (χ4v) is 2.52. The van der Waals surface area contributed by atoms with Crippen molar-refractivity contribution in [1.29, 1.82) is 0 Å². The zero-order valence-corrected chi connectivity index (χ0v) is 12.1. The number of morpholine rings is 1. The molecule has 1 aliphatic heterocycles. The van der Waals surface area contributed by atoms with Gasteiger partial charge in [-0.25, -0.2) is 4.79 Å². The Hall–Kier alpha value is -1.34. The van der Waals surface area contributed by atoms with Crippen molar-refractivity contribution < 1.29 is 19.4 Å². The third-order valence-corrected chi connectivity index (χ3v) is 3.49. The number of hydrogen-bond donors (Lipinski definition) is 1. The molecule has 0 unspecified atom stereocenters. The van der Waals surface area contributed by atoms with Crippen LogP contribution in [0.1, 0.15) is 17.4 Å². The maximum Gasteiger partial charge on any atom is 0.334 e. The molecule has 0 aromatic carbocycles. The van der Waals surface area contributed by atoms with Crippen LogP contribution in [-0.4, -0.2) is 52.3 Å². The molecule has 1 atom stereocenters. The quantitative estimate of drug-likeness (QED) is 0.903. The monoisotopic (exact) mass is 330 g/mol. The molecule has 0 saturated carbocycles. The summed E-state index contributed by atoms with van der Waals surface area (Å²) in [6.07, 6.45) is 0.897. The third-order valence-electron chi connectivity index (χ3n) is 3.05. The number of carbonyl (C=O) groups is 2. The maximum atomic E-state index is 12.4. The van der Waals surface area contributed by atoms with Crippen LogP contribution in [0.5, 0.6) is 0 Å². The first-order chi connectivity index (χ1) is 9.02. The summed E-state index contributed by atoms with van der Waals surface area (Å²) in [5.41, 5.74) is 0.556. The van der Waals surface area contributed by atoms with E-state index in [0.29, 0.717) is 18.8 Å². The van der Waals surface area contributed by atoms with Crippen LogP contribution in [-0.2, 0) is 16.1 Å². The minimum Gasteiger partial charge on any atom is -0.479 e. The Kier molecular flexibility index (Phi) is 4.26. The van der Waals surface area contributed by atoms with Gasteiger partial charge in [-0.2, -0.15) is 0 Å². The summed E-state index contributed by atoms with van der Waals surface area (Å²) in [5.74, 6) is -1.20. The SMILES string of the molecule is CCn1cc(Br)cc1C(=O)N1CCO[C@H](C(=O)O)C1. The standard InChI is InChI=1S/C12H15BrN2O4/c1-2-14-6-8(13)5-9(14)11(16)15-3-4-19-10(7-15)12(17)18/h5-6,10H,2-4,7H2,1H3,(H,17,18)/t10-/m0/s1. The number of halogens is 1. The van der Waals surface area contributed by atoms with E-state index in [1.165, 1.54) is 4.90 Å². The number of nitrogens with zero attached hydrogens (tertiary/aromatic N) is 2. The van der Waals surface area contributed by atoms with Gasteiger partial charge in [0.25, 0.3) is 5.91 Å². The molecule has 19 heavy (non-hydrogen) atoms. The second-order valence-corrected chi connectivity index (χ2v) is 5.19. The van der Waals surface area contributed by atoms with Crippen molar-refractivity contribution in [3.05, 3.63) is 22.4 Å². The fraction of sp³-hybridized carbons (Fsp3) is 0.500. The van der Waals surface area contributed by atoms with E-state index in [4.69, 9.17) is 9.84 Å². The lowest BCUT2D eigenvalue weighted by atomic mass is 10.2. The molecule has 1 aromatic rings. The summed E-state index contributed by atoms with van der Waals surface area (Å²) >= 11 is 3.34. The maximum absolute atomic E-state index is 12.4. The number of hydrogen-bond acceptors (Lipinski definition) is 3. The largest absolute Gasteiger partial charge is 0.479 e. The number of carboxylic acids is 1. The zero-order valence-electron chi connectivity index (χ0n) is 10.5. The predicted octanol–water partition coefficient (Wildman–Crippen LogP) is 1.20. The molecule has 0 spiro atoms. The van der Waals surface area contributed by atoms with Gasteiger partial charge in [0, 0.05) is 23.8 Å². The molecule has 1 N–H and O–H groups in total. The Bertz CT molecular complexity index is 500.